The van der Waals surface area contributed by atoms with Crippen molar-refractivity contribution in [2.24, 2.45) is 0 Å². The van der Waals surface area contributed by atoms with Gasteiger partial charge in [-0.25, -0.2) is 0 Å². The van der Waals surface area contributed by atoms with Gasteiger partial charge < -0.3 is 0 Å². The van der Waals surface area contributed by atoms with Crippen LogP contribution in [-0.2, 0) is 5.41 Å². The number of fused-ring (bicyclic) bond motifs is 3. The normalized spacial score (nSPS) is 14.9. The molecule has 0 atom stereocenters. The first-order valence-electron chi connectivity index (χ1n) is 6.01. The third kappa shape index (κ3) is 1.63. The number of hydrogen-bond donors (Lipinski definition) is 0. The van der Waals surface area contributed by atoms with E-state index in [9.17, 15) is 10.1 Å². The van der Waals surface area contributed by atoms with Crippen LogP contribution < -0.4 is 0 Å². The number of benzene rings is 2. The van der Waals surface area contributed by atoms with Gasteiger partial charge in [-0.15, -0.1) is 0 Å². The highest BCUT2D eigenvalue weighted by Gasteiger charge is 2.36. The second kappa shape index (κ2) is 3.90. The number of nitro groups is 1. The van der Waals surface area contributed by atoms with Crippen LogP contribution in [0.1, 0.15) is 25.0 Å². The second-order valence-electron chi connectivity index (χ2n) is 5.28. The molecule has 0 fully saturated rings. The third-order valence-electron chi connectivity index (χ3n) is 3.85. The molecule has 0 heterocycles. The zero-order chi connectivity index (χ0) is 13.8. The lowest BCUT2D eigenvalue weighted by Crippen LogP contribution is -2.14. The molecular formula is C15H12BrNO2. The van der Waals surface area contributed by atoms with E-state index in [-0.39, 0.29) is 16.0 Å². The van der Waals surface area contributed by atoms with Crippen LogP contribution in [0.2, 0.25) is 0 Å². The molecule has 1 aliphatic rings. The highest BCUT2D eigenvalue weighted by molar-refractivity contribution is 9.10. The Morgan fingerprint density at radius 1 is 1.11 bits per heavy atom. The minimum absolute atomic E-state index is 0.117. The fraction of sp³-hybridized carbons (Fsp3) is 0.200. The number of rotatable bonds is 1. The molecule has 0 unspecified atom stereocenters. The molecular weight excluding hydrogens is 306 g/mol. The quantitative estimate of drug-likeness (QED) is 0.567. The molecule has 0 saturated heterocycles. The van der Waals surface area contributed by atoms with Crippen LogP contribution in [0, 0.1) is 10.1 Å². The fourth-order valence-electron chi connectivity index (χ4n) is 2.85. The Labute approximate surface area is 119 Å². The molecule has 19 heavy (non-hydrogen) atoms. The maximum atomic E-state index is 11.1. The van der Waals surface area contributed by atoms with E-state index in [4.69, 9.17) is 0 Å². The Bertz CT molecular complexity index is 707. The summed E-state index contributed by atoms with van der Waals surface area (Å²) in [6.45, 7) is 4.30. The molecule has 2 aromatic carbocycles. The van der Waals surface area contributed by atoms with Crippen molar-refractivity contribution in [3.05, 3.63) is 62.1 Å². The van der Waals surface area contributed by atoms with Crippen molar-refractivity contribution < 1.29 is 4.92 Å². The molecule has 0 aromatic heterocycles. The monoisotopic (exact) mass is 317 g/mol. The lowest BCUT2D eigenvalue weighted by Gasteiger charge is -2.21. The van der Waals surface area contributed by atoms with Gasteiger partial charge in [-0.3, -0.25) is 10.1 Å². The SMILES string of the molecule is CC1(C)c2ccccc2-c2cc([N+](=O)[O-])c(Br)cc21. The first kappa shape index (κ1) is 12.4. The Morgan fingerprint density at radius 3 is 2.47 bits per heavy atom. The second-order valence-corrected chi connectivity index (χ2v) is 6.13. The number of halogens is 1. The summed E-state index contributed by atoms with van der Waals surface area (Å²) in [5.41, 5.74) is 4.41. The van der Waals surface area contributed by atoms with Gasteiger partial charge in [0.2, 0.25) is 0 Å². The minimum atomic E-state index is -0.349. The molecule has 0 spiro atoms. The summed E-state index contributed by atoms with van der Waals surface area (Å²) in [5, 5.41) is 11.1. The number of nitrogens with zero attached hydrogens (tertiary/aromatic N) is 1. The molecule has 0 aliphatic heterocycles. The fourth-order valence-corrected chi connectivity index (χ4v) is 3.34. The Morgan fingerprint density at radius 2 is 1.79 bits per heavy atom. The Hall–Kier alpha value is -1.68. The van der Waals surface area contributed by atoms with Gasteiger partial charge in [-0.2, -0.15) is 0 Å². The van der Waals surface area contributed by atoms with Crippen LogP contribution in [0.5, 0.6) is 0 Å². The van der Waals surface area contributed by atoms with Gasteiger partial charge in [0, 0.05) is 11.5 Å². The van der Waals surface area contributed by atoms with E-state index in [0.717, 1.165) is 16.7 Å². The number of hydrogen-bond acceptors (Lipinski definition) is 2. The molecule has 0 amide bonds. The summed E-state index contributed by atoms with van der Waals surface area (Å²) in [6, 6.07) is 11.7. The predicted molar refractivity (Wildman–Crippen MR) is 78.4 cm³/mol. The minimum Gasteiger partial charge on any atom is -0.258 e. The number of nitro benzene ring substituents is 1. The molecule has 0 saturated carbocycles. The van der Waals surface area contributed by atoms with Crippen LogP contribution in [0.15, 0.2) is 40.9 Å². The van der Waals surface area contributed by atoms with Gasteiger partial charge in [0.25, 0.3) is 5.69 Å². The average molecular weight is 318 g/mol. The van der Waals surface area contributed by atoms with Crippen molar-refractivity contribution in [1.29, 1.82) is 0 Å². The van der Waals surface area contributed by atoms with Crippen molar-refractivity contribution in [3.63, 3.8) is 0 Å². The van der Waals surface area contributed by atoms with E-state index in [2.05, 4.69) is 35.8 Å². The van der Waals surface area contributed by atoms with Crippen molar-refractivity contribution in [3.8, 4) is 11.1 Å². The van der Waals surface area contributed by atoms with Crippen LogP contribution in [0.3, 0.4) is 0 Å². The summed E-state index contributed by atoms with van der Waals surface area (Å²) in [7, 11) is 0. The maximum Gasteiger partial charge on any atom is 0.284 e. The zero-order valence-corrected chi connectivity index (χ0v) is 12.2. The Kier molecular flexibility index (Phi) is 2.54. The molecule has 0 radical (unpaired) electrons. The molecule has 1 aliphatic carbocycles. The molecule has 3 nitrogen and oxygen atoms in total. The van der Waals surface area contributed by atoms with Gasteiger partial charge in [-0.05, 0) is 44.3 Å². The highest BCUT2D eigenvalue weighted by atomic mass is 79.9. The van der Waals surface area contributed by atoms with Gasteiger partial charge >= 0.3 is 0 Å². The molecule has 96 valence electrons. The van der Waals surface area contributed by atoms with E-state index in [1.54, 1.807) is 6.07 Å². The molecule has 4 heteroatoms. The summed E-state index contributed by atoms with van der Waals surface area (Å²) < 4.78 is 0.539. The molecule has 0 bridgehead atoms. The largest absolute Gasteiger partial charge is 0.284 e. The predicted octanol–water partition coefficient (Wildman–Crippen LogP) is 4.66. The average Bonchev–Trinajstić information content (AvgIpc) is 2.58. The van der Waals surface area contributed by atoms with E-state index in [1.165, 1.54) is 5.56 Å². The van der Waals surface area contributed by atoms with Gasteiger partial charge in [0.05, 0.1) is 9.40 Å². The smallest absolute Gasteiger partial charge is 0.258 e. The van der Waals surface area contributed by atoms with E-state index < -0.39 is 0 Å². The highest BCUT2D eigenvalue weighted by Crippen LogP contribution is 2.50. The lowest BCUT2D eigenvalue weighted by molar-refractivity contribution is -0.385. The van der Waals surface area contributed by atoms with Crippen molar-refractivity contribution in [1.82, 2.24) is 0 Å². The van der Waals surface area contributed by atoms with Crippen molar-refractivity contribution >= 4 is 21.6 Å². The standard InChI is InChI=1S/C15H12BrNO2/c1-15(2)11-6-4-3-5-9(11)10-7-14(17(18)19)13(16)8-12(10)15/h3-8H,1-2H3. The van der Waals surface area contributed by atoms with Crippen LogP contribution in [0.25, 0.3) is 11.1 Å². The van der Waals surface area contributed by atoms with Crippen LogP contribution in [-0.4, -0.2) is 4.92 Å². The van der Waals surface area contributed by atoms with E-state index >= 15 is 0 Å². The zero-order valence-electron chi connectivity index (χ0n) is 10.6. The summed E-state index contributed by atoms with van der Waals surface area (Å²) >= 11 is 3.31. The van der Waals surface area contributed by atoms with Crippen molar-refractivity contribution in [2.45, 2.75) is 19.3 Å². The third-order valence-corrected chi connectivity index (χ3v) is 4.48. The van der Waals surface area contributed by atoms with Crippen LogP contribution >= 0.6 is 15.9 Å². The lowest BCUT2D eigenvalue weighted by atomic mass is 9.82. The molecule has 3 rings (SSSR count). The first-order valence-corrected chi connectivity index (χ1v) is 6.80. The topological polar surface area (TPSA) is 43.1 Å². The maximum absolute atomic E-state index is 11.1. The van der Waals surface area contributed by atoms with Crippen LogP contribution in [0.4, 0.5) is 5.69 Å². The van der Waals surface area contributed by atoms with Gasteiger partial charge in [0.15, 0.2) is 0 Å². The van der Waals surface area contributed by atoms with E-state index in [0.29, 0.717) is 4.47 Å². The Balaban J connectivity index is 2.37. The van der Waals surface area contributed by atoms with Crippen molar-refractivity contribution in [2.75, 3.05) is 0 Å². The van der Waals surface area contributed by atoms with Gasteiger partial charge in [-0.1, -0.05) is 38.1 Å². The van der Waals surface area contributed by atoms with Gasteiger partial charge in [0.1, 0.15) is 0 Å². The summed E-state index contributed by atoms with van der Waals surface area (Å²) in [5.74, 6) is 0. The summed E-state index contributed by atoms with van der Waals surface area (Å²) in [6.07, 6.45) is 0. The first-order chi connectivity index (χ1) is 8.93. The van der Waals surface area contributed by atoms with E-state index in [1.807, 2.05) is 24.3 Å². The molecule has 0 N–H and O–H groups in total. The summed E-state index contributed by atoms with van der Waals surface area (Å²) in [4.78, 5) is 10.7. The molecule has 2 aromatic rings.